The Labute approximate surface area is 159 Å². The maximum Gasteiger partial charge on any atom is 0.261 e. The molecule has 8 heteroatoms. The topological polar surface area (TPSA) is 91.7 Å². The molecule has 0 aromatic heterocycles. The minimum absolute atomic E-state index is 0.0137. The van der Waals surface area contributed by atoms with Crippen LogP contribution in [0.1, 0.15) is 12.5 Å². The van der Waals surface area contributed by atoms with Gasteiger partial charge in [-0.15, -0.1) is 0 Å². The van der Waals surface area contributed by atoms with Crippen LogP contribution in [0, 0.1) is 11.3 Å². The highest BCUT2D eigenvalue weighted by Gasteiger charge is 2.17. The second-order valence-corrected chi connectivity index (χ2v) is 7.64. The van der Waals surface area contributed by atoms with E-state index in [4.69, 9.17) is 9.47 Å². The molecule has 2 aromatic carbocycles. The first-order valence-corrected chi connectivity index (χ1v) is 10.1. The summed E-state index contributed by atoms with van der Waals surface area (Å²) in [5.74, 6) is 0.369. The molecule has 3 rings (SSSR count). The van der Waals surface area contributed by atoms with Crippen LogP contribution in [-0.4, -0.2) is 41.3 Å². The lowest BCUT2D eigenvalue weighted by molar-refractivity contribution is 0.122. The molecular formula is C19H21N3O4S. The zero-order valence-corrected chi connectivity index (χ0v) is 15.8. The minimum atomic E-state index is -3.81. The maximum atomic E-state index is 12.6. The first-order valence-electron chi connectivity index (χ1n) is 8.66. The Bertz CT molecular complexity index is 930. The van der Waals surface area contributed by atoms with Gasteiger partial charge in [0.15, 0.2) is 0 Å². The summed E-state index contributed by atoms with van der Waals surface area (Å²) < 4.78 is 38.5. The lowest BCUT2D eigenvalue weighted by Crippen LogP contribution is -2.36. The van der Waals surface area contributed by atoms with Crippen LogP contribution in [-0.2, 0) is 14.8 Å². The third kappa shape index (κ3) is 4.51. The van der Waals surface area contributed by atoms with Crippen LogP contribution in [0.5, 0.6) is 5.75 Å². The Morgan fingerprint density at radius 3 is 2.52 bits per heavy atom. The van der Waals surface area contributed by atoms with E-state index in [-0.39, 0.29) is 10.5 Å². The smallest absolute Gasteiger partial charge is 0.261 e. The molecule has 1 heterocycles. The molecule has 0 saturated carbocycles. The van der Waals surface area contributed by atoms with Gasteiger partial charge < -0.3 is 14.4 Å². The third-order valence-corrected chi connectivity index (χ3v) is 5.56. The van der Waals surface area contributed by atoms with Gasteiger partial charge in [-0.2, -0.15) is 5.26 Å². The van der Waals surface area contributed by atoms with Crippen molar-refractivity contribution in [3.63, 3.8) is 0 Å². The maximum absolute atomic E-state index is 12.6. The van der Waals surface area contributed by atoms with E-state index in [2.05, 4.69) is 9.62 Å². The van der Waals surface area contributed by atoms with Crippen LogP contribution in [0.3, 0.4) is 0 Å². The zero-order chi connectivity index (χ0) is 19.3. The zero-order valence-electron chi connectivity index (χ0n) is 15.0. The molecule has 0 unspecified atom stereocenters. The second-order valence-electron chi connectivity index (χ2n) is 5.95. The molecule has 1 fully saturated rings. The second kappa shape index (κ2) is 8.29. The standard InChI is InChI=1S/C19H21N3O4S/c1-2-26-19-8-7-18(13-15(19)14-20)27(23,24)21-16-3-5-17(6-4-16)22-9-11-25-12-10-22/h3-8,13,21H,2,9-12H2,1H3. The SMILES string of the molecule is CCOc1ccc(S(=O)(=O)Nc2ccc(N3CCOCC3)cc2)cc1C#N. The number of nitrogens with one attached hydrogen (secondary N) is 1. The molecule has 0 bridgehead atoms. The van der Waals surface area contributed by atoms with E-state index in [1.165, 1.54) is 18.2 Å². The van der Waals surface area contributed by atoms with Crippen LogP contribution in [0.4, 0.5) is 11.4 Å². The molecule has 0 amide bonds. The predicted octanol–water partition coefficient (Wildman–Crippen LogP) is 2.59. The Morgan fingerprint density at radius 1 is 1.19 bits per heavy atom. The van der Waals surface area contributed by atoms with E-state index in [0.717, 1.165) is 18.8 Å². The van der Waals surface area contributed by atoms with Crippen molar-refractivity contribution in [3.05, 3.63) is 48.0 Å². The van der Waals surface area contributed by atoms with Gasteiger partial charge in [0.25, 0.3) is 10.0 Å². The monoisotopic (exact) mass is 387 g/mol. The highest BCUT2D eigenvalue weighted by molar-refractivity contribution is 7.92. The summed E-state index contributed by atoms with van der Waals surface area (Å²) >= 11 is 0. The van der Waals surface area contributed by atoms with E-state index in [0.29, 0.717) is 31.3 Å². The van der Waals surface area contributed by atoms with E-state index < -0.39 is 10.0 Å². The molecule has 7 nitrogen and oxygen atoms in total. The molecule has 0 spiro atoms. The van der Waals surface area contributed by atoms with Crippen molar-refractivity contribution in [3.8, 4) is 11.8 Å². The number of hydrogen-bond donors (Lipinski definition) is 1. The molecule has 27 heavy (non-hydrogen) atoms. The molecule has 142 valence electrons. The van der Waals surface area contributed by atoms with E-state index in [1.807, 2.05) is 18.2 Å². The average molecular weight is 387 g/mol. The lowest BCUT2D eigenvalue weighted by Gasteiger charge is -2.28. The number of benzene rings is 2. The Hall–Kier alpha value is -2.76. The number of nitriles is 1. The predicted molar refractivity (Wildman–Crippen MR) is 103 cm³/mol. The van der Waals surface area contributed by atoms with E-state index in [9.17, 15) is 13.7 Å². The van der Waals surface area contributed by atoms with Crippen LogP contribution in [0.2, 0.25) is 0 Å². The van der Waals surface area contributed by atoms with Gasteiger partial charge in [-0.3, -0.25) is 4.72 Å². The summed E-state index contributed by atoms with van der Waals surface area (Å²) in [6.07, 6.45) is 0. The highest BCUT2D eigenvalue weighted by Crippen LogP contribution is 2.25. The van der Waals surface area contributed by atoms with Crippen LogP contribution < -0.4 is 14.4 Å². The summed E-state index contributed by atoms with van der Waals surface area (Å²) in [5, 5.41) is 9.22. The number of anilines is 2. The van der Waals surface area contributed by atoms with Gasteiger partial charge in [0.05, 0.1) is 30.3 Å². The number of ether oxygens (including phenoxy) is 2. The molecular weight excluding hydrogens is 366 g/mol. The van der Waals surface area contributed by atoms with Crippen LogP contribution in [0.25, 0.3) is 0 Å². The van der Waals surface area contributed by atoms with Gasteiger partial charge in [0, 0.05) is 24.5 Å². The number of sulfonamides is 1. The molecule has 0 atom stereocenters. The van der Waals surface area contributed by atoms with Crippen molar-refractivity contribution in [2.75, 3.05) is 42.5 Å². The van der Waals surface area contributed by atoms with Gasteiger partial charge in [-0.05, 0) is 49.4 Å². The average Bonchev–Trinajstić information content (AvgIpc) is 2.69. The normalized spacial score (nSPS) is 14.4. The molecule has 2 aromatic rings. The van der Waals surface area contributed by atoms with Gasteiger partial charge in [0.2, 0.25) is 0 Å². The molecule has 0 radical (unpaired) electrons. The van der Waals surface area contributed by atoms with Crippen molar-refractivity contribution in [2.45, 2.75) is 11.8 Å². The van der Waals surface area contributed by atoms with Crippen LogP contribution in [0.15, 0.2) is 47.4 Å². The van der Waals surface area contributed by atoms with Crippen LogP contribution >= 0.6 is 0 Å². The Balaban J connectivity index is 1.77. The largest absolute Gasteiger partial charge is 0.492 e. The fourth-order valence-electron chi connectivity index (χ4n) is 2.82. The molecule has 1 N–H and O–H groups in total. The van der Waals surface area contributed by atoms with Crippen molar-refractivity contribution in [2.24, 2.45) is 0 Å². The molecule has 1 aliphatic heterocycles. The summed E-state index contributed by atoms with van der Waals surface area (Å²) in [7, 11) is -3.81. The number of hydrogen-bond acceptors (Lipinski definition) is 6. The Kier molecular flexibility index (Phi) is 5.84. The highest BCUT2D eigenvalue weighted by atomic mass is 32.2. The third-order valence-electron chi connectivity index (χ3n) is 4.18. The summed E-state index contributed by atoms with van der Waals surface area (Å²) in [4.78, 5) is 2.20. The fourth-order valence-corrected chi connectivity index (χ4v) is 3.91. The summed E-state index contributed by atoms with van der Waals surface area (Å²) in [5.41, 5.74) is 1.66. The Morgan fingerprint density at radius 2 is 1.89 bits per heavy atom. The van der Waals surface area contributed by atoms with Gasteiger partial charge in [0.1, 0.15) is 11.8 Å². The molecule has 0 aliphatic carbocycles. The summed E-state index contributed by atoms with van der Waals surface area (Å²) in [6.45, 7) is 5.20. The molecule has 1 saturated heterocycles. The number of rotatable bonds is 6. The fraction of sp³-hybridized carbons (Fsp3) is 0.316. The van der Waals surface area contributed by atoms with Gasteiger partial charge in [-0.25, -0.2) is 8.42 Å². The molecule has 1 aliphatic rings. The van der Waals surface area contributed by atoms with E-state index >= 15 is 0 Å². The van der Waals surface area contributed by atoms with E-state index in [1.54, 1.807) is 19.1 Å². The summed E-state index contributed by atoms with van der Waals surface area (Å²) in [6, 6.07) is 13.4. The minimum Gasteiger partial charge on any atom is -0.492 e. The number of nitrogens with zero attached hydrogens (tertiary/aromatic N) is 2. The van der Waals surface area contributed by atoms with Gasteiger partial charge in [-0.1, -0.05) is 0 Å². The van der Waals surface area contributed by atoms with Crippen molar-refractivity contribution in [1.29, 1.82) is 5.26 Å². The van der Waals surface area contributed by atoms with Gasteiger partial charge >= 0.3 is 0 Å². The lowest BCUT2D eigenvalue weighted by atomic mass is 10.2. The van der Waals surface area contributed by atoms with Crippen molar-refractivity contribution < 1.29 is 17.9 Å². The first-order chi connectivity index (χ1) is 13.0. The number of morpholine rings is 1. The van der Waals surface area contributed by atoms with Crippen molar-refractivity contribution in [1.82, 2.24) is 0 Å². The first kappa shape index (κ1) is 19.0. The van der Waals surface area contributed by atoms with Crippen molar-refractivity contribution >= 4 is 21.4 Å². The quantitative estimate of drug-likeness (QED) is 0.819.